The number of carboxylic acids is 1. The highest BCUT2D eigenvalue weighted by Crippen LogP contribution is 2.10. The van der Waals surface area contributed by atoms with Gasteiger partial charge in [-0.05, 0) is 19.0 Å². The maximum atomic E-state index is 11.5. The molecule has 0 bridgehead atoms. The quantitative estimate of drug-likeness (QED) is 0.806. The van der Waals surface area contributed by atoms with Crippen LogP contribution in [0.25, 0.3) is 6.08 Å². The van der Waals surface area contributed by atoms with Gasteiger partial charge in [0.25, 0.3) is 0 Å². The fraction of sp³-hybridized carbons (Fsp3) is 0.353. The Morgan fingerprint density at radius 3 is 2.78 bits per heavy atom. The van der Waals surface area contributed by atoms with Gasteiger partial charge in [-0.3, -0.25) is 9.69 Å². The van der Waals surface area contributed by atoms with Crippen LogP contribution in [0.2, 0.25) is 0 Å². The van der Waals surface area contributed by atoms with E-state index in [2.05, 4.69) is 10.1 Å². The Balaban J connectivity index is 2.04. The second-order valence-corrected chi connectivity index (χ2v) is 5.32. The van der Waals surface area contributed by atoms with Gasteiger partial charge >= 0.3 is 5.97 Å². The van der Waals surface area contributed by atoms with Crippen LogP contribution >= 0.6 is 0 Å². The maximum absolute atomic E-state index is 11.5. The molecule has 0 radical (unpaired) electrons. The molecule has 0 aliphatic heterocycles. The highest BCUT2D eigenvalue weighted by atomic mass is 16.5. The highest BCUT2D eigenvalue weighted by molar-refractivity contribution is 5.77. The Labute approximate surface area is 135 Å². The number of benzene rings is 1. The van der Waals surface area contributed by atoms with Crippen LogP contribution in [0.15, 0.2) is 40.9 Å². The average molecular weight is 315 g/mol. The minimum absolute atomic E-state index is 0.285. The van der Waals surface area contributed by atoms with Crippen molar-refractivity contribution in [3.05, 3.63) is 53.7 Å². The van der Waals surface area contributed by atoms with E-state index in [1.54, 1.807) is 24.1 Å². The Morgan fingerprint density at radius 2 is 2.13 bits per heavy atom. The van der Waals surface area contributed by atoms with Crippen LogP contribution in [0.5, 0.6) is 0 Å². The zero-order chi connectivity index (χ0) is 16.7. The van der Waals surface area contributed by atoms with Crippen LogP contribution in [0.1, 0.15) is 30.6 Å². The van der Waals surface area contributed by atoms with Crippen molar-refractivity contribution >= 4 is 12.0 Å². The zero-order valence-corrected chi connectivity index (χ0v) is 13.3. The molecule has 0 unspecified atom stereocenters. The average Bonchev–Trinajstić information content (AvgIpc) is 2.95. The topological polar surface area (TPSA) is 79.5 Å². The number of nitrogens with zero attached hydrogens (tertiary/aromatic N) is 3. The maximum Gasteiger partial charge on any atom is 0.324 e. The van der Waals surface area contributed by atoms with Crippen LogP contribution in [0, 0.1) is 0 Å². The predicted molar refractivity (Wildman–Crippen MR) is 86.7 cm³/mol. The summed E-state index contributed by atoms with van der Waals surface area (Å²) in [5.74, 6) is 0.158. The van der Waals surface area contributed by atoms with E-state index in [-0.39, 0.29) is 6.54 Å². The summed E-state index contributed by atoms with van der Waals surface area (Å²) in [5.41, 5.74) is 0.954. The molecule has 0 spiro atoms. The van der Waals surface area contributed by atoms with Crippen molar-refractivity contribution in [2.75, 3.05) is 7.05 Å². The molecule has 1 N–H and O–H groups in total. The van der Waals surface area contributed by atoms with E-state index >= 15 is 0 Å². The number of hydrogen-bond acceptors (Lipinski definition) is 5. The highest BCUT2D eigenvalue weighted by Gasteiger charge is 2.21. The zero-order valence-electron chi connectivity index (χ0n) is 13.3. The Morgan fingerprint density at radius 1 is 1.39 bits per heavy atom. The SMILES string of the molecule is CCCc1noc(CN(C)[C@@H](/C=C/c2ccccc2)C(=O)O)n1. The van der Waals surface area contributed by atoms with E-state index in [1.807, 2.05) is 37.3 Å². The predicted octanol–water partition coefficient (Wildman–Crippen LogP) is 2.62. The first-order valence-electron chi connectivity index (χ1n) is 7.58. The van der Waals surface area contributed by atoms with Gasteiger partial charge in [-0.15, -0.1) is 0 Å². The molecule has 6 heteroatoms. The standard InChI is InChI=1S/C17H21N3O3/c1-3-7-15-18-16(23-19-15)12-20(2)14(17(21)22)11-10-13-8-5-4-6-9-13/h4-6,8-11,14H,3,7,12H2,1-2H3,(H,21,22)/b11-10+/t14-/m0/s1. The van der Waals surface area contributed by atoms with Crippen LogP contribution in [-0.4, -0.2) is 39.2 Å². The molecule has 0 saturated carbocycles. The molecule has 0 aliphatic carbocycles. The van der Waals surface area contributed by atoms with Gasteiger partial charge in [0, 0.05) is 6.42 Å². The second kappa shape index (κ2) is 8.24. The summed E-state index contributed by atoms with van der Waals surface area (Å²) < 4.78 is 5.16. The lowest BCUT2D eigenvalue weighted by molar-refractivity contribution is -0.141. The molecule has 0 saturated heterocycles. The van der Waals surface area contributed by atoms with Crippen molar-refractivity contribution in [1.29, 1.82) is 0 Å². The molecule has 2 rings (SSSR count). The molecule has 6 nitrogen and oxygen atoms in total. The van der Waals surface area contributed by atoms with Gasteiger partial charge in [-0.1, -0.05) is 54.6 Å². The van der Waals surface area contributed by atoms with Crippen molar-refractivity contribution in [3.63, 3.8) is 0 Å². The van der Waals surface area contributed by atoms with E-state index < -0.39 is 12.0 Å². The first-order valence-corrected chi connectivity index (χ1v) is 7.58. The van der Waals surface area contributed by atoms with Gasteiger partial charge < -0.3 is 9.63 Å². The number of carboxylic acid groups (broad SMARTS) is 1. The lowest BCUT2D eigenvalue weighted by atomic mass is 10.1. The molecule has 0 amide bonds. The lowest BCUT2D eigenvalue weighted by Gasteiger charge is -2.19. The van der Waals surface area contributed by atoms with Gasteiger partial charge in [0.1, 0.15) is 6.04 Å². The van der Waals surface area contributed by atoms with Crippen molar-refractivity contribution in [1.82, 2.24) is 15.0 Å². The van der Waals surface area contributed by atoms with Crippen LogP contribution in [0.4, 0.5) is 0 Å². The molecule has 1 atom stereocenters. The van der Waals surface area contributed by atoms with E-state index in [9.17, 15) is 9.90 Å². The van der Waals surface area contributed by atoms with Crippen molar-refractivity contribution < 1.29 is 14.4 Å². The first-order chi connectivity index (χ1) is 11.1. The number of carbonyl (C=O) groups is 1. The summed E-state index contributed by atoms with van der Waals surface area (Å²) in [5, 5.41) is 13.3. The molecular formula is C17H21N3O3. The minimum atomic E-state index is -0.923. The number of aliphatic carboxylic acids is 1. The summed E-state index contributed by atoms with van der Waals surface area (Å²) in [6.07, 6.45) is 5.14. The van der Waals surface area contributed by atoms with Crippen LogP contribution < -0.4 is 0 Å². The molecule has 23 heavy (non-hydrogen) atoms. The largest absolute Gasteiger partial charge is 0.480 e. The number of likely N-dealkylation sites (N-methyl/N-ethyl adjacent to an activating group) is 1. The molecular weight excluding hydrogens is 294 g/mol. The summed E-state index contributed by atoms with van der Waals surface area (Å²) in [4.78, 5) is 17.4. The third-order valence-corrected chi connectivity index (χ3v) is 3.37. The van der Waals surface area contributed by atoms with Crippen molar-refractivity contribution in [2.24, 2.45) is 0 Å². The summed E-state index contributed by atoms with van der Waals surface area (Å²) in [6.45, 7) is 2.32. The van der Waals surface area contributed by atoms with E-state index in [0.717, 1.165) is 18.4 Å². The fourth-order valence-electron chi connectivity index (χ4n) is 2.18. The summed E-state index contributed by atoms with van der Waals surface area (Å²) in [6, 6.07) is 8.81. The Kier molecular flexibility index (Phi) is 6.05. The molecule has 1 aromatic heterocycles. The monoisotopic (exact) mass is 315 g/mol. The van der Waals surface area contributed by atoms with E-state index in [0.29, 0.717) is 11.7 Å². The summed E-state index contributed by atoms with van der Waals surface area (Å²) in [7, 11) is 1.72. The normalized spacial score (nSPS) is 12.8. The van der Waals surface area contributed by atoms with Crippen LogP contribution in [0.3, 0.4) is 0 Å². The number of rotatable bonds is 8. The van der Waals surface area contributed by atoms with Gasteiger partial charge in [0.05, 0.1) is 6.54 Å². The number of hydrogen-bond donors (Lipinski definition) is 1. The fourth-order valence-corrected chi connectivity index (χ4v) is 2.18. The van der Waals surface area contributed by atoms with Gasteiger partial charge in [0.15, 0.2) is 5.82 Å². The second-order valence-electron chi connectivity index (χ2n) is 5.32. The lowest BCUT2D eigenvalue weighted by Crippen LogP contribution is -2.36. The Bertz CT molecular complexity index is 652. The molecule has 1 aromatic carbocycles. The molecule has 122 valence electrons. The Hall–Kier alpha value is -2.47. The van der Waals surface area contributed by atoms with Crippen LogP contribution in [-0.2, 0) is 17.8 Å². The van der Waals surface area contributed by atoms with Crippen molar-refractivity contribution in [3.8, 4) is 0 Å². The first kappa shape index (κ1) is 16.9. The van der Waals surface area contributed by atoms with Gasteiger partial charge in [-0.2, -0.15) is 4.98 Å². The third kappa shape index (κ3) is 5.03. The van der Waals surface area contributed by atoms with Crippen molar-refractivity contribution in [2.45, 2.75) is 32.4 Å². The summed E-state index contributed by atoms with van der Waals surface area (Å²) >= 11 is 0. The molecule has 2 aromatic rings. The minimum Gasteiger partial charge on any atom is -0.480 e. The third-order valence-electron chi connectivity index (χ3n) is 3.37. The van der Waals surface area contributed by atoms with Gasteiger partial charge in [-0.25, -0.2) is 0 Å². The number of aryl methyl sites for hydroxylation is 1. The molecule has 0 aliphatic rings. The van der Waals surface area contributed by atoms with E-state index in [4.69, 9.17) is 4.52 Å². The smallest absolute Gasteiger partial charge is 0.324 e. The van der Waals surface area contributed by atoms with E-state index in [1.165, 1.54) is 0 Å². The molecule has 1 heterocycles. The molecule has 0 fully saturated rings. The van der Waals surface area contributed by atoms with Gasteiger partial charge in [0.2, 0.25) is 5.89 Å². The number of aromatic nitrogens is 2.